The van der Waals surface area contributed by atoms with Gasteiger partial charge in [0.15, 0.2) is 5.78 Å². The molecule has 0 spiro atoms. The number of Topliss-reactive ketones (excluding diaryl/α,β-unsaturated/α-hetero) is 1. The Morgan fingerprint density at radius 1 is 1.25 bits per heavy atom. The monoisotopic (exact) mass is 346 g/mol. The number of hydrogen-bond donors (Lipinski definition) is 2. The van der Waals surface area contributed by atoms with E-state index in [1.54, 1.807) is 6.07 Å². The second-order valence-electron chi connectivity index (χ2n) is 7.04. The third kappa shape index (κ3) is 2.67. The highest BCUT2D eigenvalue weighted by molar-refractivity contribution is 7.89. The summed E-state index contributed by atoms with van der Waals surface area (Å²) in [5.74, 6) is 0.0365. The van der Waals surface area contributed by atoms with Crippen LogP contribution in [0.2, 0.25) is 0 Å². The second-order valence-corrected chi connectivity index (χ2v) is 8.73. The maximum atomic E-state index is 12.5. The number of ketones is 1. The van der Waals surface area contributed by atoms with Gasteiger partial charge in [0.1, 0.15) is 0 Å². The smallest absolute Gasteiger partial charge is 0.255 e. The van der Waals surface area contributed by atoms with Gasteiger partial charge in [0, 0.05) is 28.6 Å². The van der Waals surface area contributed by atoms with Crippen LogP contribution in [-0.2, 0) is 10.0 Å². The van der Waals surface area contributed by atoms with Gasteiger partial charge in [0.25, 0.3) is 5.56 Å². The van der Waals surface area contributed by atoms with Crippen molar-refractivity contribution in [2.45, 2.75) is 43.0 Å². The van der Waals surface area contributed by atoms with Crippen molar-refractivity contribution in [2.75, 3.05) is 0 Å². The summed E-state index contributed by atoms with van der Waals surface area (Å²) in [4.78, 5) is 27.1. The van der Waals surface area contributed by atoms with Crippen molar-refractivity contribution in [3.8, 4) is 0 Å². The molecule has 1 aromatic carbocycles. The van der Waals surface area contributed by atoms with Crippen molar-refractivity contribution in [3.63, 3.8) is 0 Å². The number of rotatable bonds is 5. The zero-order chi connectivity index (χ0) is 17.1. The number of sulfonamides is 1. The van der Waals surface area contributed by atoms with E-state index in [1.807, 2.05) is 6.92 Å². The maximum Gasteiger partial charge on any atom is 0.255 e. The molecule has 0 radical (unpaired) electrons. The first-order chi connectivity index (χ1) is 11.3. The lowest BCUT2D eigenvalue weighted by Gasteiger charge is -2.13. The van der Waals surface area contributed by atoms with Crippen LogP contribution in [0.3, 0.4) is 0 Å². The Morgan fingerprint density at radius 2 is 1.96 bits per heavy atom. The Bertz CT molecular complexity index is 1010. The lowest BCUT2D eigenvalue weighted by Crippen LogP contribution is -2.34. The number of benzene rings is 1. The molecule has 6 nitrogen and oxygen atoms in total. The summed E-state index contributed by atoms with van der Waals surface area (Å²) < 4.78 is 27.6. The third-order valence-corrected chi connectivity index (χ3v) is 6.41. The number of aromatic nitrogens is 1. The number of carbonyl (C=O) groups excluding carboxylic acids is 1. The Morgan fingerprint density at radius 3 is 2.58 bits per heavy atom. The zero-order valence-electron chi connectivity index (χ0n) is 13.3. The van der Waals surface area contributed by atoms with Gasteiger partial charge in [0.2, 0.25) is 10.0 Å². The lowest BCUT2D eigenvalue weighted by atomic mass is 10.0. The molecule has 0 unspecified atom stereocenters. The first kappa shape index (κ1) is 15.5. The molecule has 2 aliphatic rings. The van der Waals surface area contributed by atoms with Gasteiger partial charge in [-0.05, 0) is 50.1 Å². The standard InChI is InChI=1S/C17H18N2O4S/c1-17(6-7-17)19-24(22,23)11-4-5-12-13(8-11)16(21)18-9-14(12)15(20)10-2-3-10/h4-5,8-10,19H,2-3,6-7H2,1H3,(H,18,21). The molecular weight excluding hydrogens is 328 g/mol. The quantitative estimate of drug-likeness (QED) is 0.809. The number of carbonyl (C=O) groups is 1. The van der Waals surface area contributed by atoms with Gasteiger partial charge < -0.3 is 4.98 Å². The normalized spacial score (nSPS) is 19.4. The minimum Gasteiger partial charge on any atom is -0.328 e. The third-order valence-electron chi connectivity index (χ3n) is 4.78. The molecule has 4 rings (SSSR count). The highest BCUT2D eigenvalue weighted by Crippen LogP contribution is 2.36. The fourth-order valence-electron chi connectivity index (χ4n) is 2.85. The molecular formula is C17H18N2O4S. The van der Waals surface area contributed by atoms with Crippen molar-refractivity contribution in [1.82, 2.24) is 9.71 Å². The van der Waals surface area contributed by atoms with Crippen molar-refractivity contribution in [3.05, 3.63) is 40.3 Å². The van der Waals surface area contributed by atoms with Gasteiger partial charge in [-0.3, -0.25) is 9.59 Å². The molecule has 126 valence electrons. The van der Waals surface area contributed by atoms with E-state index >= 15 is 0 Å². The molecule has 2 saturated carbocycles. The summed E-state index contributed by atoms with van der Waals surface area (Å²) in [6, 6.07) is 4.37. The highest BCUT2D eigenvalue weighted by atomic mass is 32.2. The summed E-state index contributed by atoms with van der Waals surface area (Å²) in [6.45, 7) is 1.85. The van der Waals surface area contributed by atoms with Crippen molar-refractivity contribution < 1.29 is 13.2 Å². The number of aromatic amines is 1. The molecule has 24 heavy (non-hydrogen) atoms. The minimum absolute atomic E-state index is 0.00970. The molecule has 0 bridgehead atoms. The predicted molar refractivity (Wildman–Crippen MR) is 89.6 cm³/mol. The summed E-state index contributed by atoms with van der Waals surface area (Å²) >= 11 is 0. The van der Waals surface area contributed by atoms with Crippen LogP contribution >= 0.6 is 0 Å². The largest absolute Gasteiger partial charge is 0.328 e. The van der Waals surface area contributed by atoms with Gasteiger partial charge in [0.05, 0.1) is 4.90 Å². The van der Waals surface area contributed by atoms with E-state index in [4.69, 9.17) is 0 Å². The Hall–Kier alpha value is -1.99. The van der Waals surface area contributed by atoms with Crippen LogP contribution in [0.1, 0.15) is 43.0 Å². The molecule has 0 amide bonds. The number of fused-ring (bicyclic) bond motifs is 1. The molecule has 2 aromatic rings. The van der Waals surface area contributed by atoms with Gasteiger partial charge >= 0.3 is 0 Å². The average Bonchev–Trinajstić information content (AvgIpc) is 3.44. The van der Waals surface area contributed by atoms with Crippen LogP contribution in [0.15, 0.2) is 34.1 Å². The van der Waals surface area contributed by atoms with Gasteiger partial charge in [-0.25, -0.2) is 13.1 Å². The van der Waals surface area contributed by atoms with E-state index < -0.39 is 15.6 Å². The zero-order valence-corrected chi connectivity index (χ0v) is 14.1. The van der Waals surface area contributed by atoms with Crippen LogP contribution < -0.4 is 10.3 Å². The van der Waals surface area contributed by atoms with E-state index in [0.717, 1.165) is 25.7 Å². The lowest BCUT2D eigenvalue weighted by molar-refractivity contribution is 0.0969. The van der Waals surface area contributed by atoms with Gasteiger partial charge in [-0.15, -0.1) is 0 Å². The molecule has 0 saturated heterocycles. The fraction of sp³-hybridized carbons (Fsp3) is 0.412. The Kier molecular flexibility index (Phi) is 3.24. The number of pyridine rings is 1. The van der Waals surface area contributed by atoms with Crippen LogP contribution in [-0.4, -0.2) is 24.7 Å². The molecule has 0 aliphatic heterocycles. The molecule has 0 atom stereocenters. The average molecular weight is 346 g/mol. The summed E-state index contributed by atoms with van der Waals surface area (Å²) in [5, 5.41) is 0.734. The van der Waals surface area contributed by atoms with E-state index in [0.29, 0.717) is 10.9 Å². The molecule has 2 fully saturated rings. The van der Waals surface area contributed by atoms with Crippen LogP contribution in [0, 0.1) is 5.92 Å². The van der Waals surface area contributed by atoms with Crippen LogP contribution in [0.25, 0.3) is 10.8 Å². The number of nitrogens with one attached hydrogen (secondary N) is 2. The van der Waals surface area contributed by atoms with E-state index in [-0.39, 0.29) is 27.5 Å². The van der Waals surface area contributed by atoms with Crippen LogP contribution in [0.5, 0.6) is 0 Å². The summed E-state index contributed by atoms with van der Waals surface area (Å²) in [5.41, 5.74) is -0.325. The van der Waals surface area contributed by atoms with Crippen LogP contribution in [0.4, 0.5) is 0 Å². The van der Waals surface area contributed by atoms with E-state index in [9.17, 15) is 18.0 Å². The van der Waals surface area contributed by atoms with E-state index in [2.05, 4.69) is 9.71 Å². The van der Waals surface area contributed by atoms with E-state index in [1.165, 1.54) is 18.3 Å². The minimum atomic E-state index is -3.69. The van der Waals surface area contributed by atoms with Crippen molar-refractivity contribution in [1.29, 1.82) is 0 Å². The van der Waals surface area contributed by atoms with Crippen molar-refractivity contribution in [2.24, 2.45) is 5.92 Å². The Balaban J connectivity index is 1.82. The topological polar surface area (TPSA) is 96.1 Å². The molecule has 1 aromatic heterocycles. The van der Waals surface area contributed by atoms with Crippen molar-refractivity contribution >= 4 is 26.6 Å². The first-order valence-electron chi connectivity index (χ1n) is 8.03. The van der Waals surface area contributed by atoms with Gasteiger partial charge in [-0.2, -0.15) is 0 Å². The summed E-state index contributed by atoms with van der Waals surface area (Å²) in [6.07, 6.45) is 4.78. The molecule has 1 heterocycles. The predicted octanol–water partition coefficient (Wildman–Crippen LogP) is 1.95. The molecule has 2 aliphatic carbocycles. The highest BCUT2D eigenvalue weighted by Gasteiger charge is 2.41. The Labute approximate surface area is 139 Å². The number of H-pyrrole nitrogens is 1. The van der Waals surface area contributed by atoms with Gasteiger partial charge in [-0.1, -0.05) is 6.07 Å². The number of hydrogen-bond acceptors (Lipinski definition) is 4. The summed E-state index contributed by atoms with van der Waals surface area (Å²) in [7, 11) is -3.69. The first-order valence-corrected chi connectivity index (χ1v) is 9.51. The fourth-order valence-corrected chi connectivity index (χ4v) is 4.34. The molecule has 2 N–H and O–H groups in total. The molecule has 7 heteroatoms. The maximum absolute atomic E-state index is 12.5. The second kappa shape index (κ2) is 5.00. The SMILES string of the molecule is CC1(NS(=O)(=O)c2ccc3c(C(=O)C4CC4)c[nH]c(=O)c3c2)CC1.